The standard InChI is InChI=1S/C24H24N4O4/c1-4-32-23(29)13-16-5-8-18(9-6-16)26-24-27-19(15-22-25-11-12-28(22)24)17-7-10-20(30-2)21(14-17)31-3/h5-12,14-15H,4,13H2,1-3H3,(H,26,27). The van der Waals surface area contributed by atoms with Gasteiger partial charge in [0.05, 0.1) is 32.9 Å². The van der Waals surface area contributed by atoms with Gasteiger partial charge in [-0.15, -0.1) is 0 Å². The van der Waals surface area contributed by atoms with E-state index in [-0.39, 0.29) is 12.4 Å². The van der Waals surface area contributed by atoms with Crippen LogP contribution in [-0.2, 0) is 16.0 Å². The Morgan fingerprint density at radius 2 is 1.81 bits per heavy atom. The summed E-state index contributed by atoms with van der Waals surface area (Å²) in [6, 6.07) is 15.2. The molecule has 0 radical (unpaired) electrons. The molecule has 8 nitrogen and oxygen atoms in total. The van der Waals surface area contributed by atoms with Crippen LogP contribution in [0, 0.1) is 0 Å². The summed E-state index contributed by atoms with van der Waals surface area (Å²) in [6.07, 6.45) is 3.81. The smallest absolute Gasteiger partial charge is 0.310 e. The van der Waals surface area contributed by atoms with Crippen molar-refractivity contribution in [2.75, 3.05) is 26.1 Å². The predicted molar refractivity (Wildman–Crippen MR) is 122 cm³/mol. The highest BCUT2D eigenvalue weighted by Gasteiger charge is 2.12. The first kappa shape index (κ1) is 21.2. The zero-order chi connectivity index (χ0) is 22.5. The quantitative estimate of drug-likeness (QED) is 0.416. The maximum atomic E-state index is 11.7. The van der Waals surface area contributed by atoms with Crippen LogP contribution in [0.15, 0.2) is 60.9 Å². The third-order valence-corrected chi connectivity index (χ3v) is 4.93. The van der Waals surface area contributed by atoms with Gasteiger partial charge in [0.15, 0.2) is 11.5 Å². The molecule has 2 aromatic carbocycles. The monoisotopic (exact) mass is 432 g/mol. The summed E-state index contributed by atoms with van der Waals surface area (Å²) in [5, 5.41) is 3.34. The number of fused-ring (bicyclic) bond motifs is 1. The Hall–Kier alpha value is -4.07. The van der Waals surface area contributed by atoms with Crippen LogP contribution in [0.2, 0.25) is 0 Å². The molecule has 0 aliphatic heterocycles. The predicted octanol–water partition coefficient (Wildman–Crippen LogP) is 4.26. The number of rotatable bonds is 8. The van der Waals surface area contributed by atoms with Crippen LogP contribution < -0.4 is 14.8 Å². The number of esters is 1. The second-order valence-electron chi connectivity index (χ2n) is 6.99. The lowest BCUT2D eigenvalue weighted by Gasteiger charge is -2.13. The molecule has 0 spiro atoms. The summed E-state index contributed by atoms with van der Waals surface area (Å²) in [4.78, 5) is 20.9. The molecule has 0 bridgehead atoms. The molecule has 0 saturated carbocycles. The first-order valence-electron chi connectivity index (χ1n) is 10.2. The average Bonchev–Trinajstić information content (AvgIpc) is 3.29. The van der Waals surface area contributed by atoms with Crippen LogP contribution in [-0.4, -0.2) is 41.2 Å². The van der Waals surface area contributed by atoms with Gasteiger partial charge in [-0.3, -0.25) is 9.20 Å². The number of hydrogen-bond acceptors (Lipinski definition) is 7. The molecule has 0 aliphatic carbocycles. The molecular weight excluding hydrogens is 408 g/mol. The van der Waals surface area contributed by atoms with Crippen molar-refractivity contribution < 1.29 is 19.0 Å². The van der Waals surface area contributed by atoms with Crippen molar-refractivity contribution >= 4 is 23.3 Å². The van der Waals surface area contributed by atoms with Gasteiger partial charge in [0.2, 0.25) is 5.95 Å². The molecule has 0 unspecified atom stereocenters. The van der Waals surface area contributed by atoms with Crippen molar-refractivity contribution in [3.63, 3.8) is 0 Å². The van der Waals surface area contributed by atoms with Gasteiger partial charge in [-0.1, -0.05) is 12.1 Å². The molecule has 0 amide bonds. The number of anilines is 2. The summed E-state index contributed by atoms with van der Waals surface area (Å²) in [6.45, 7) is 2.17. The number of nitrogens with zero attached hydrogens (tertiary/aromatic N) is 3. The number of nitrogens with one attached hydrogen (secondary N) is 1. The highest BCUT2D eigenvalue weighted by atomic mass is 16.5. The fourth-order valence-electron chi connectivity index (χ4n) is 3.37. The van der Waals surface area contributed by atoms with E-state index in [0.29, 0.717) is 24.1 Å². The first-order chi connectivity index (χ1) is 15.6. The van der Waals surface area contributed by atoms with Crippen molar-refractivity contribution in [3.05, 3.63) is 66.5 Å². The van der Waals surface area contributed by atoms with E-state index in [1.54, 1.807) is 27.3 Å². The minimum absolute atomic E-state index is 0.238. The molecule has 0 atom stereocenters. The zero-order valence-corrected chi connectivity index (χ0v) is 18.2. The number of aromatic nitrogens is 3. The molecule has 32 heavy (non-hydrogen) atoms. The highest BCUT2D eigenvalue weighted by molar-refractivity contribution is 5.73. The summed E-state index contributed by atoms with van der Waals surface area (Å²) in [5.41, 5.74) is 4.09. The van der Waals surface area contributed by atoms with Crippen molar-refractivity contribution in [1.29, 1.82) is 0 Å². The topological polar surface area (TPSA) is 87.0 Å². The third-order valence-electron chi connectivity index (χ3n) is 4.93. The molecule has 0 fully saturated rings. The van der Waals surface area contributed by atoms with Crippen LogP contribution in [0.1, 0.15) is 12.5 Å². The molecule has 164 valence electrons. The van der Waals surface area contributed by atoms with Gasteiger partial charge in [-0.2, -0.15) is 0 Å². The van der Waals surface area contributed by atoms with E-state index in [4.69, 9.17) is 19.2 Å². The summed E-state index contributed by atoms with van der Waals surface area (Å²) in [7, 11) is 3.21. The van der Waals surface area contributed by atoms with Crippen LogP contribution in [0.25, 0.3) is 16.9 Å². The Labute approximate surface area is 185 Å². The molecule has 2 aromatic heterocycles. The highest BCUT2D eigenvalue weighted by Crippen LogP contribution is 2.32. The zero-order valence-electron chi connectivity index (χ0n) is 18.2. The van der Waals surface area contributed by atoms with Gasteiger partial charge >= 0.3 is 5.97 Å². The number of carbonyl (C=O) groups is 1. The van der Waals surface area contributed by atoms with E-state index in [9.17, 15) is 4.79 Å². The van der Waals surface area contributed by atoms with E-state index in [2.05, 4.69) is 10.3 Å². The van der Waals surface area contributed by atoms with Crippen molar-refractivity contribution in [1.82, 2.24) is 14.4 Å². The largest absolute Gasteiger partial charge is 0.493 e. The Kier molecular flexibility index (Phi) is 6.21. The molecule has 8 heteroatoms. The van der Waals surface area contributed by atoms with Crippen molar-refractivity contribution in [3.8, 4) is 22.8 Å². The number of ether oxygens (including phenoxy) is 3. The fraction of sp³-hybridized carbons (Fsp3) is 0.208. The first-order valence-corrected chi connectivity index (χ1v) is 10.2. The van der Waals surface area contributed by atoms with E-state index in [0.717, 1.165) is 28.2 Å². The van der Waals surface area contributed by atoms with E-state index < -0.39 is 0 Å². The second-order valence-corrected chi connectivity index (χ2v) is 6.99. The van der Waals surface area contributed by atoms with Crippen LogP contribution >= 0.6 is 0 Å². The molecular formula is C24H24N4O4. The van der Waals surface area contributed by atoms with Crippen LogP contribution in [0.5, 0.6) is 11.5 Å². The number of carbonyl (C=O) groups excluding carboxylic acids is 1. The van der Waals surface area contributed by atoms with Gasteiger partial charge in [-0.25, -0.2) is 9.97 Å². The lowest BCUT2D eigenvalue weighted by molar-refractivity contribution is -0.142. The SMILES string of the molecule is CCOC(=O)Cc1ccc(Nc2nc(-c3ccc(OC)c(OC)c3)cc3nccn23)cc1. The van der Waals surface area contributed by atoms with Crippen molar-refractivity contribution in [2.24, 2.45) is 0 Å². The Morgan fingerprint density at radius 3 is 2.53 bits per heavy atom. The summed E-state index contributed by atoms with van der Waals surface area (Å²) in [5.74, 6) is 1.65. The molecule has 0 saturated heterocycles. The van der Waals surface area contributed by atoms with Gasteiger partial charge < -0.3 is 19.5 Å². The Balaban J connectivity index is 1.64. The van der Waals surface area contributed by atoms with Crippen LogP contribution in [0.4, 0.5) is 11.6 Å². The van der Waals surface area contributed by atoms with Gasteiger partial charge in [0.25, 0.3) is 0 Å². The molecule has 1 N–H and O–H groups in total. The lowest BCUT2D eigenvalue weighted by atomic mass is 10.1. The molecule has 0 aliphatic rings. The van der Waals surface area contributed by atoms with Crippen molar-refractivity contribution in [2.45, 2.75) is 13.3 Å². The fourth-order valence-corrected chi connectivity index (χ4v) is 3.37. The Morgan fingerprint density at radius 1 is 1.03 bits per heavy atom. The molecule has 2 heterocycles. The minimum Gasteiger partial charge on any atom is -0.493 e. The second kappa shape index (κ2) is 9.38. The summed E-state index contributed by atoms with van der Waals surface area (Å²) >= 11 is 0. The minimum atomic E-state index is -0.238. The molecule has 4 aromatic rings. The van der Waals surface area contributed by atoms with E-state index in [1.807, 2.05) is 59.1 Å². The normalized spacial score (nSPS) is 10.7. The van der Waals surface area contributed by atoms with Crippen LogP contribution in [0.3, 0.4) is 0 Å². The van der Waals surface area contributed by atoms with Gasteiger partial charge in [0, 0.05) is 29.7 Å². The summed E-state index contributed by atoms with van der Waals surface area (Å²) < 4.78 is 17.6. The number of benzene rings is 2. The Bertz CT molecular complexity index is 1230. The molecule has 4 rings (SSSR count). The van der Waals surface area contributed by atoms with Gasteiger partial charge in [0.1, 0.15) is 5.65 Å². The van der Waals surface area contributed by atoms with E-state index in [1.165, 1.54) is 0 Å². The average molecular weight is 432 g/mol. The number of hydrogen-bond donors (Lipinski definition) is 1. The lowest BCUT2D eigenvalue weighted by Crippen LogP contribution is -2.07. The van der Waals surface area contributed by atoms with Gasteiger partial charge in [-0.05, 0) is 42.8 Å². The number of imidazole rings is 1. The maximum absolute atomic E-state index is 11.7. The maximum Gasteiger partial charge on any atom is 0.310 e. The van der Waals surface area contributed by atoms with E-state index >= 15 is 0 Å². The number of methoxy groups -OCH3 is 2. The third kappa shape index (κ3) is 4.49.